The molecule has 0 saturated heterocycles. The van der Waals surface area contributed by atoms with Gasteiger partial charge >= 0.3 is 0 Å². The molecule has 1 saturated carbocycles. The van der Waals surface area contributed by atoms with Gasteiger partial charge in [-0.2, -0.15) is 0 Å². The van der Waals surface area contributed by atoms with Crippen molar-refractivity contribution in [2.75, 3.05) is 6.16 Å². The van der Waals surface area contributed by atoms with Crippen molar-refractivity contribution in [3.05, 3.63) is 0 Å². The van der Waals surface area contributed by atoms with Crippen molar-refractivity contribution in [1.29, 1.82) is 0 Å². The monoisotopic (exact) mass is 186 g/mol. The number of hydrogen-bond donors (Lipinski definition) is 0. The maximum atomic E-state index is 2.34. The Labute approximate surface area is 79.3 Å². The van der Waals surface area contributed by atoms with Gasteiger partial charge in [-0.05, 0) is 24.7 Å². The van der Waals surface area contributed by atoms with Crippen LogP contribution in [0.5, 0.6) is 0 Å². The average molecular weight is 186 g/mol. The van der Waals surface area contributed by atoms with Crippen LogP contribution in [0.2, 0.25) is 0 Å². The molecule has 0 aliphatic heterocycles. The minimum absolute atomic E-state index is 1.10. The Morgan fingerprint density at radius 2 is 1.42 bits per heavy atom. The molecular weight excluding hydrogens is 163 g/mol. The van der Waals surface area contributed by atoms with Crippen LogP contribution in [0, 0.1) is 0 Å². The first-order valence-electron chi connectivity index (χ1n) is 5.67. The van der Waals surface area contributed by atoms with E-state index in [1.807, 2.05) is 0 Å². The van der Waals surface area contributed by atoms with Gasteiger partial charge in [0, 0.05) is 0 Å². The standard InChI is InChI=1S/C11H23P/c1-2-12-11-9-7-5-3-4-6-8-10-11/h11-12H,2-10H2,1H3. The van der Waals surface area contributed by atoms with Crippen molar-refractivity contribution in [3.8, 4) is 0 Å². The SMILES string of the molecule is CCPC1CCCCCCCC1. The summed E-state index contributed by atoms with van der Waals surface area (Å²) in [5, 5.41) is 0. The lowest BCUT2D eigenvalue weighted by molar-refractivity contribution is 0.624. The van der Waals surface area contributed by atoms with Gasteiger partial charge in [0.05, 0.1) is 0 Å². The first kappa shape index (κ1) is 10.5. The van der Waals surface area contributed by atoms with Crippen molar-refractivity contribution in [2.45, 2.75) is 63.9 Å². The van der Waals surface area contributed by atoms with E-state index in [0.717, 1.165) is 5.66 Å². The maximum absolute atomic E-state index is 2.34. The predicted molar refractivity (Wildman–Crippen MR) is 59.6 cm³/mol. The normalized spacial score (nSPS) is 23.8. The van der Waals surface area contributed by atoms with E-state index in [4.69, 9.17) is 0 Å². The highest BCUT2D eigenvalue weighted by Crippen LogP contribution is 2.30. The van der Waals surface area contributed by atoms with Gasteiger partial charge in [-0.3, -0.25) is 0 Å². The highest BCUT2D eigenvalue weighted by atomic mass is 31.1. The zero-order valence-corrected chi connectivity index (χ0v) is 9.44. The van der Waals surface area contributed by atoms with Crippen LogP contribution in [-0.2, 0) is 0 Å². The van der Waals surface area contributed by atoms with Crippen molar-refractivity contribution < 1.29 is 0 Å². The van der Waals surface area contributed by atoms with Gasteiger partial charge in [0.25, 0.3) is 0 Å². The molecule has 0 nitrogen and oxygen atoms in total. The van der Waals surface area contributed by atoms with E-state index in [9.17, 15) is 0 Å². The van der Waals surface area contributed by atoms with Gasteiger partial charge in [-0.1, -0.05) is 45.4 Å². The Hall–Kier alpha value is 0.430. The zero-order valence-electron chi connectivity index (χ0n) is 8.44. The maximum Gasteiger partial charge on any atom is -0.0237 e. The third kappa shape index (κ3) is 4.45. The molecule has 0 aromatic rings. The summed E-state index contributed by atoms with van der Waals surface area (Å²) >= 11 is 0. The smallest absolute Gasteiger partial charge is 0.0237 e. The molecule has 0 N–H and O–H groups in total. The summed E-state index contributed by atoms with van der Waals surface area (Å²) in [6.45, 7) is 2.34. The van der Waals surface area contributed by atoms with E-state index in [1.54, 1.807) is 0 Å². The molecule has 12 heavy (non-hydrogen) atoms. The molecule has 1 unspecified atom stereocenters. The summed E-state index contributed by atoms with van der Waals surface area (Å²) in [6, 6.07) is 0. The van der Waals surface area contributed by atoms with E-state index in [1.165, 1.54) is 66.1 Å². The van der Waals surface area contributed by atoms with Gasteiger partial charge < -0.3 is 0 Å². The van der Waals surface area contributed by atoms with Crippen molar-refractivity contribution in [3.63, 3.8) is 0 Å². The Bertz CT molecular complexity index is 91.2. The molecule has 0 bridgehead atoms. The zero-order chi connectivity index (χ0) is 8.65. The van der Waals surface area contributed by atoms with Crippen LogP contribution >= 0.6 is 8.58 Å². The Balaban J connectivity index is 2.19. The Morgan fingerprint density at radius 1 is 0.917 bits per heavy atom. The second-order valence-corrected chi connectivity index (χ2v) is 5.89. The molecule has 0 amide bonds. The van der Waals surface area contributed by atoms with Crippen molar-refractivity contribution >= 4 is 8.58 Å². The highest BCUT2D eigenvalue weighted by molar-refractivity contribution is 7.38. The second kappa shape index (κ2) is 6.89. The number of hydrogen-bond acceptors (Lipinski definition) is 0. The van der Waals surface area contributed by atoms with Gasteiger partial charge in [0.2, 0.25) is 0 Å². The van der Waals surface area contributed by atoms with Crippen LogP contribution in [0.15, 0.2) is 0 Å². The van der Waals surface area contributed by atoms with Gasteiger partial charge in [0.15, 0.2) is 0 Å². The molecule has 1 heteroatoms. The van der Waals surface area contributed by atoms with E-state index < -0.39 is 0 Å². The third-order valence-corrected chi connectivity index (χ3v) is 4.41. The largest absolute Gasteiger partial charge is 0.119 e. The fourth-order valence-corrected chi connectivity index (χ4v) is 3.52. The second-order valence-electron chi connectivity index (χ2n) is 3.95. The Kier molecular flexibility index (Phi) is 6.04. The lowest BCUT2D eigenvalue weighted by Crippen LogP contribution is -2.00. The molecule has 0 heterocycles. The summed E-state index contributed by atoms with van der Waals surface area (Å²) in [6.07, 6.45) is 13.5. The first-order valence-corrected chi connectivity index (χ1v) is 6.95. The predicted octanol–water partition coefficient (Wildman–Crippen LogP) is 4.19. The fourth-order valence-electron chi connectivity index (χ4n) is 2.13. The van der Waals surface area contributed by atoms with Gasteiger partial charge in [0.1, 0.15) is 0 Å². The van der Waals surface area contributed by atoms with Crippen LogP contribution in [0.25, 0.3) is 0 Å². The van der Waals surface area contributed by atoms with Crippen LogP contribution in [0.1, 0.15) is 58.3 Å². The lowest BCUT2D eigenvalue weighted by atomic mass is 10.1. The molecule has 0 spiro atoms. The molecule has 1 fully saturated rings. The molecule has 1 aliphatic rings. The van der Waals surface area contributed by atoms with Crippen LogP contribution in [-0.4, -0.2) is 11.8 Å². The van der Waals surface area contributed by atoms with Crippen molar-refractivity contribution in [2.24, 2.45) is 0 Å². The summed E-state index contributed by atoms with van der Waals surface area (Å²) < 4.78 is 0. The lowest BCUT2D eigenvalue weighted by Gasteiger charge is -2.14. The fraction of sp³-hybridized carbons (Fsp3) is 1.00. The minimum atomic E-state index is 1.10. The first-order chi connectivity index (χ1) is 5.93. The molecule has 0 radical (unpaired) electrons. The van der Waals surface area contributed by atoms with Gasteiger partial charge in [-0.15, -0.1) is 8.58 Å². The minimum Gasteiger partial charge on any atom is -0.119 e. The van der Waals surface area contributed by atoms with E-state index >= 15 is 0 Å². The summed E-state index contributed by atoms with van der Waals surface area (Å²) in [5.41, 5.74) is 1.10. The Morgan fingerprint density at radius 3 is 1.92 bits per heavy atom. The molecule has 1 aliphatic carbocycles. The third-order valence-electron chi connectivity index (χ3n) is 2.85. The van der Waals surface area contributed by atoms with Crippen LogP contribution < -0.4 is 0 Å². The molecular formula is C11H23P. The van der Waals surface area contributed by atoms with Gasteiger partial charge in [-0.25, -0.2) is 0 Å². The molecule has 1 atom stereocenters. The quantitative estimate of drug-likeness (QED) is 0.567. The van der Waals surface area contributed by atoms with Crippen molar-refractivity contribution in [1.82, 2.24) is 0 Å². The van der Waals surface area contributed by atoms with Crippen LogP contribution in [0.4, 0.5) is 0 Å². The summed E-state index contributed by atoms with van der Waals surface area (Å²) in [7, 11) is 1.25. The topological polar surface area (TPSA) is 0 Å². The molecule has 0 aromatic heterocycles. The summed E-state index contributed by atoms with van der Waals surface area (Å²) in [5.74, 6) is 0. The highest BCUT2D eigenvalue weighted by Gasteiger charge is 2.08. The van der Waals surface area contributed by atoms with E-state index in [-0.39, 0.29) is 0 Å². The van der Waals surface area contributed by atoms with E-state index in [2.05, 4.69) is 6.92 Å². The number of rotatable bonds is 2. The molecule has 0 aromatic carbocycles. The van der Waals surface area contributed by atoms with Crippen LogP contribution in [0.3, 0.4) is 0 Å². The molecule has 1 rings (SSSR count). The molecule has 72 valence electrons. The summed E-state index contributed by atoms with van der Waals surface area (Å²) in [4.78, 5) is 0. The average Bonchev–Trinajstić information content (AvgIpc) is 2.19. The van der Waals surface area contributed by atoms with E-state index in [0.29, 0.717) is 0 Å².